The molecule has 10 heteroatoms. The molecule has 4 rings (SSSR count). The molecule has 31 heavy (non-hydrogen) atoms. The molecule has 0 unspecified atom stereocenters. The summed E-state index contributed by atoms with van der Waals surface area (Å²) in [6.45, 7) is 1.95. The molecule has 1 N–H and O–H groups in total. The number of hydrogen-bond donors (Lipinski definition) is 1. The van der Waals surface area contributed by atoms with Crippen molar-refractivity contribution in [1.82, 2.24) is 15.1 Å². The maximum atomic E-state index is 13.1. The molecule has 0 fully saturated rings. The Bertz CT molecular complexity index is 1300. The topological polar surface area (TPSA) is 46.9 Å². The van der Waals surface area contributed by atoms with Crippen LogP contribution < -0.4 is 5.32 Å². The van der Waals surface area contributed by atoms with Crippen molar-refractivity contribution in [3.63, 3.8) is 0 Å². The molecule has 0 saturated carbocycles. The lowest BCUT2D eigenvalue weighted by molar-refractivity contribution is -0.137. The van der Waals surface area contributed by atoms with E-state index in [9.17, 15) is 18.0 Å². The van der Waals surface area contributed by atoms with Gasteiger partial charge >= 0.3 is 6.18 Å². The first-order chi connectivity index (χ1) is 14.6. The van der Waals surface area contributed by atoms with Crippen LogP contribution in [0.25, 0.3) is 15.9 Å². The van der Waals surface area contributed by atoms with Crippen LogP contribution in [0.4, 0.5) is 13.2 Å². The number of rotatable bonds is 4. The summed E-state index contributed by atoms with van der Waals surface area (Å²) in [5.74, 6) is -0.317. The van der Waals surface area contributed by atoms with E-state index in [-0.39, 0.29) is 18.1 Å². The van der Waals surface area contributed by atoms with Crippen LogP contribution in [0.2, 0.25) is 10.0 Å². The van der Waals surface area contributed by atoms with E-state index in [1.807, 2.05) is 0 Å². The molecule has 0 bridgehead atoms. The number of nitrogens with zero attached hydrogens (tertiary/aromatic N) is 2. The zero-order valence-corrected chi connectivity index (χ0v) is 18.3. The Balaban J connectivity index is 1.62. The third kappa shape index (κ3) is 4.42. The number of hydrogen-bond acceptors (Lipinski definition) is 3. The fourth-order valence-corrected chi connectivity index (χ4v) is 4.65. The minimum Gasteiger partial charge on any atom is -0.347 e. The Morgan fingerprint density at radius 2 is 1.94 bits per heavy atom. The van der Waals surface area contributed by atoms with Crippen LogP contribution in [-0.4, -0.2) is 15.7 Å². The number of benzene rings is 2. The number of fused-ring (bicyclic) bond motifs is 1. The predicted octanol–water partition coefficient (Wildman–Crippen LogP) is 6.65. The lowest BCUT2D eigenvalue weighted by Crippen LogP contribution is -2.21. The van der Waals surface area contributed by atoms with Crippen molar-refractivity contribution >= 4 is 50.7 Å². The van der Waals surface area contributed by atoms with Gasteiger partial charge in [-0.15, -0.1) is 11.3 Å². The molecule has 160 valence electrons. The minimum absolute atomic E-state index is 0.210. The van der Waals surface area contributed by atoms with Gasteiger partial charge in [-0.2, -0.15) is 18.3 Å². The number of thiophene rings is 1. The van der Waals surface area contributed by atoms with Crippen LogP contribution in [0.1, 0.15) is 26.5 Å². The smallest absolute Gasteiger partial charge is 0.347 e. The predicted molar refractivity (Wildman–Crippen MR) is 116 cm³/mol. The van der Waals surface area contributed by atoms with E-state index in [4.69, 9.17) is 23.2 Å². The summed E-state index contributed by atoms with van der Waals surface area (Å²) in [5.41, 5.74) is 0.839. The summed E-state index contributed by atoms with van der Waals surface area (Å²) < 4.78 is 40.7. The second-order valence-electron chi connectivity index (χ2n) is 6.79. The van der Waals surface area contributed by atoms with Crippen molar-refractivity contribution < 1.29 is 18.0 Å². The van der Waals surface area contributed by atoms with Gasteiger partial charge in [0.25, 0.3) is 5.91 Å². The van der Waals surface area contributed by atoms with Gasteiger partial charge in [0.1, 0.15) is 4.83 Å². The molecule has 4 nitrogen and oxygen atoms in total. The van der Waals surface area contributed by atoms with Crippen LogP contribution in [0, 0.1) is 6.92 Å². The Morgan fingerprint density at radius 1 is 1.16 bits per heavy atom. The van der Waals surface area contributed by atoms with Crippen LogP contribution in [0.3, 0.4) is 0 Å². The van der Waals surface area contributed by atoms with E-state index in [0.29, 0.717) is 36.4 Å². The second kappa shape index (κ2) is 8.18. The lowest BCUT2D eigenvalue weighted by Gasteiger charge is -2.09. The van der Waals surface area contributed by atoms with Crippen molar-refractivity contribution in [2.45, 2.75) is 19.6 Å². The summed E-state index contributed by atoms with van der Waals surface area (Å²) in [6, 6.07) is 11.6. The summed E-state index contributed by atoms with van der Waals surface area (Å²) in [6.07, 6.45) is -4.46. The van der Waals surface area contributed by atoms with Crippen LogP contribution in [-0.2, 0) is 12.7 Å². The molecule has 0 aliphatic rings. The zero-order valence-electron chi connectivity index (χ0n) is 15.9. The molecule has 2 aromatic carbocycles. The molecule has 0 aliphatic carbocycles. The van der Waals surface area contributed by atoms with Crippen LogP contribution in [0.5, 0.6) is 0 Å². The van der Waals surface area contributed by atoms with Gasteiger partial charge in [0.05, 0.1) is 21.8 Å². The number of alkyl halides is 3. The first-order valence-electron chi connectivity index (χ1n) is 9.02. The number of amides is 1. The quantitative estimate of drug-likeness (QED) is 0.353. The number of carbonyl (C=O) groups excluding carboxylic acids is 1. The highest BCUT2D eigenvalue weighted by atomic mass is 35.5. The van der Waals surface area contributed by atoms with E-state index in [0.717, 1.165) is 23.5 Å². The van der Waals surface area contributed by atoms with Gasteiger partial charge in [-0.05, 0) is 48.9 Å². The van der Waals surface area contributed by atoms with E-state index in [1.54, 1.807) is 37.3 Å². The van der Waals surface area contributed by atoms with E-state index in [1.165, 1.54) is 10.7 Å². The molecular formula is C21H14Cl2F3N3OS. The maximum absolute atomic E-state index is 13.1. The van der Waals surface area contributed by atoms with Crippen molar-refractivity contribution in [2.24, 2.45) is 0 Å². The fourth-order valence-electron chi connectivity index (χ4n) is 3.08. The third-order valence-corrected chi connectivity index (χ3v) is 6.34. The average Bonchev–Trinajstić information content (AvgIpc) is 3.27. The SMILES string of the molecule is Cc1nn(-c2cccc(C(F)(F)F)c2)c2sc(C(=O)NCc3ccc(Cl)cc3Cl)cc12. The Morgan fingerprint density at radius 3 is 2.65 bits per heavy atom. The number of carbonyl (C=O) groups is 1. The fraction of sp³-hybridized carbons (Fsp3) is 0.143. The first kappa shape index (κ1) is 21.7. The zero-order chi connectivity index (χ0) is 22.3. The highest BCUT2D eigenvalue weighted by Gasteiger charge is 2.31. The number of halogens is 5. The Labute approximate surface area is 189 Å². The highest BCUT2D eigenvalue weighted by molar-refractivity contribution is 7.20. The molecule has 0 saturated heterocycles. The second-order valence-corrected chi connectivity index (χ2v) is 8.67. The van der Waals surface area contributed by atoms with Gasteiger partial charge in [0.2, 0.25) is 0 Å². The summed E-state index contributed by atoms with van der Waals surface area (Å²) in [4.78, 5) is 13.7. The molecule has 4 aromatic rings. The lowest BCUT2D eigenvalue weighted by atomic mass is 10.2. The monoisotopic (exact) mass is 483 g/mol. The molecule has 1 amide bonds. The molecule has 2 aromatic heterocycles. The van der Waals surface area contributed by atoms with Gasteiger partial charge in [-0.3, -0.25) is 4.79 Å². The van der Waals surface area contributed by atoms with Crippen LogP contribution >= 0.6 is 34.5 Å². The van der Waals surface area contributed by atoms with Crippen molar-refractivity contribution in [3.05, 3.63) is 80.3 Å². The molecule has 0 atom stereocenters. The number of nitrogens with one attached hydrogen (secondary N) is 1. The minimum atomic E-state index is -4.46. The summed E-state index contributed by atoms with van der Waals surface area (Å²) in [5, 5.41) is 8.80. The van der Waals surface area contributed by atoms with E-state index < -0.39 is 11.7 Å². The van der Waals surface area contributed by atoms with Gasteiger partial charge < -0.3 is 5.32 Å². The van der Waals surface area contributed by atoms with E-state index in [2.05, 4.69) is 10.4 Å². The number of aromatic nitrogens is 2. The molecular weight excluding hydrogens is 470 g/mol. The maximum Gasteiger partial charge on any atom is 0.416 e. The third-order valence-electron chi connectivity index (χ3n) is 4.64. The van der Waals surface area contributed by atoms with Crippen molar-refractivity contribution in [2.75, 3.05) is 0 Å². The summed E-state index contributed by atoms with van der Waals surface area (Å²) >= 11 is 13.2. The first-order valence-corrected chi connectivity index (χ1v) is 10.6. The normalized spacial score (nSPS) is 11.8. The van der Waals surface area contributed by atoms with E-state index >= 15 is 0 Å². The largest absolute Gasteiger partial charge is 0.416 e. The molecule has 2 heterocycles. The molecule has 0 radical (unpaired) electrons. The van der Waals surface area contributed by atoms with Crippen molar-refractivity contribution in [1.29, 1.82) is 0 Å². The standard InChI is InChI=1S/C21H14Cl2F3N3OS/c1-11-16-9-18(19(30)27-10-12-5-6-14(22)8-17(12)23)31-20(16)29(28-11)15-4-2-3-13(7-15)21(24,25)26/h2-9H,10H2,1H3,(H,27,30). The van der Waals surface area contributed by atoms with Crippen LogP contribution in [0.15, 0.2) is 48.5 Å². The highest BCUT2D eigenvalue weighted by Crippen LogP contribution is 2.33. The Kier molecular flexibility index (Phi) is 5.72. The van der Waals surface area contributed by atoms with Gasteiger partial charge in [0.15, 0.2) is 0 Å². The Hall–Kier alpha value is -2.55. The van der Waals surface area contributed by atoms with Gasteiger partial charge in [-0.25, -0.2) is 4.68 Å². The van der Waals surface area contributed by atoms with Crippen molar-refractivity contribution in [3.8, 4) is 5.69 Å². The number of aryl methyl sites for hydroxylation is 1. The average molecular weight is 484 g/mol. The molecule has 0 spiro atoms. The summed E-state index contributed by atoms with van der Waals surface area (Å²) in [7, 11) is 0. The molecule has 0 aliphatic heterocycles. The van der Waals surface area contributed by atoms with Gasteiger partial charge in [0, 0.05) is 22.0 Å². The van der Waals surface area contributed by atoms with Gasteiger partial charge in [-0.1, -0.05) is 35.3 Å².